The highest BCUT2D eigenvalue weighted by Gasteiger charge is 2.12. The second-order valence-corrected chi connectivity index (χ2v) is 5.24. The highest BCUT2D eigenvalue weighted by atomic mass is 16.1. The number of aromatic nitrogens is 2. The number of rotatable bonds is 5. The smallest absolute Gasteiger partial charge is 0.274 e. The predicted molar refractivity (Wildman–Crippen MR) is 89.5 cm³/mol. The Kier molecular flexibility index (Phi) is 5.09. The van der Waals surface area contributed by atoms with Crippen LogP contribution >= 0.6 is 0 Å². The minimum absolute atomic E-state index is 0.221. The molecule has 0 radical (unpaired) electrons. The van der Waals surface area contributed by atoms with Gasteiger partial charge in [-0.15, -0.1) is 0 Å². The van der Waals surface area contributed by atoms with Crippen LogP contribution in [0.2, 0.25) is 0 Å². The maximum atomic E-state index is 12.4. The van der Waals surface area contributed by atoms with Gasteiger partial charge < -0.3 is 10.2 Å². The quantitative estimate of drug-likeness (QED) is 0.921. The van der Waals surface area contributed by atoms with Gasteiger partial charge in [-0.05, 0) is 57.0 Å². The van der Waals surface area contributed by atoms with Crippen molar-refractivity contribution in [3.8, 4) is 0 Å². The van der Waals surface area contributed by atoms with Crippen LogP contribution in [0, 0.1) is 13.8 Å². The van der Waals surface area contributed by atoms with Crippen molar-refractivity contribution in [1.29, 1.82) is 0 Å². The zero-order chi connectivity index (χ0) is 16.1. The molecule has 1 aromatic heterocycles. The van der Waals surface area contributed by atoms with Crippen molar-refractivity contribution in [1.82, 2.24) is 9.97 Å². The SMILES string of the molecule is CCN(CC)c1nccc(C(=O)Nc2cc(C)cc(C)c2)n1. The number of hydrogen-bond acceptors (Lipinski definition) is 4. The number of hydrogen-bond donors (Lipinski definition) is 1. The Labute approximate surface area is 131 Å². The monoisotopic (exact) mass is 298 g/mol. The van der Waals surface area contributed by atoms with Crippen molar-refractivity contribution in [2.45, 2.75) is 27.7 Å². The van der Waals surface area contributed by atoms with Crippen molar-refractivity contribution in [3.63, 3.8) is 0 Å². The molecule has 1 amide bonds. The molecule has 2 aromatic rings. The third-order valence-corrected chi connectivity index (χ3v) is 3.40. The van der Waals surface area contributed by atoms with E-state index in [1.165, 1.54) is 0 Å². The zero-order valence-electron chi connectivity index (χ0n) is 13.6. The van der Waals surface area contributed by atoms with Crippen LogP contribution in [-0.4, -0.2) is 29.0 Å². The fourth-order valence-electron chi connectivity index (χ4n) is 2.38. The summed E-state index contributed by atoms with van der Waals surface area (Å²) in [5.41, 5.74) is 3.38. The van der Waals surface area contributed by atoms with E-state index in [-0.39, 0.29) is 5.91 Å². The third-order valence-electron chi connectivity index (χ3n) is 3.40. The van der Waals surface area contributed by atoms with Gasteiger partial charge in [-0.1, -0.05) is 6.07 Å². The summed E-state index contributed by atoms with van der Waals surface area (Å²) in [6.07, 6.45) is 1.62. The molecule has 0 saturated carbocycles. The Hall–Kier alpha value is -2.43. The molecule has 116 valence electrons. The largest absolute Gasteiger partial charge is 0.341 e. The second kappa shape index (κ2) is 7.02. The summed E-state index contributed by atoms with van der Waals surface area (Å²) >= 11 is 0. The number of carbonyl (C=O) groups excluding carboxylic acids is 1. The normalized spacial score (nSPS) is 10.4. The van der Waals surface area contributed by atoms with Gasteiger partial charge in [-0.25, -0.2) is 9.97 Å². The lowest BCUT2D eigenvalue weighted by Gasteiger charge is -2.18. The summed E-state index contributed by atoms with van der Waals surface area (Å²) in [7, 11) is 0. The average molecular weight is 298 g/mol. The number of anilines is 2. The molecule has 0 aliphatic heterocycles. The van der Waals surface area contributed by atoms with Gasteiger partial charge in [0.2, 0.25) is 5.95 Å². The maximum absolute atomic E-state index is 12.4. The summed E-state index contributed by atoms with van der Waals surface area (Å²) in [6.45, 7) is 9.69. The van der Waals surface area contributed by atoms with Crippen LogP contribution in [0.15, 0.2) is 30.5 Å². The van der Waals surface area contributed by atoms with Crippen LogP contribution < -0.4 is 10.2 Å². The Morgan fingerprint density at radius 2 is 1.77 bits per heavy atom. The molecule has 0 spiro atoms. The molecule has 5 nitrogen and oxygen atoms in total. The molecule has 1 heterocycles. The van der Waals surface area contributed by atoms with Crippen molar-refractivity contribution >= 4 is 17.5 Å². The number of carbonyl (C=O) groups is 1. The van der Waals surface area contributed by atoms with Crippen LogP contribution in [0.25, 0.3) is 0 Å². The molecular formula is C17H22N4O. The van der Waals surface area contributed by atoms with Crippen molar-refractivity contribution in [2.75, 3.05) is 23.3 Å². The standard InChI is InChI=1S/C17H22N4O/c1-5-21(6-2)17-18-8-7-15(20-17)16(22)19-14-10-12(3)9-13(4)11-14/h7-11H,5-6H2,1-4H3,(H,19,22). The van der Waals surface area contributed by atoms with E-state index in [0.717, 1.165) is 29.9 Å². The summed E-state index contributed by atoms with van der Waals surface area (Å²) in [6, 6.07) is 7.58. The molecule has 0 unspecified atom stereocenters. The van der Waals surface area contributed by atoms with E-state index in [9.17, 15) is 4.79 Å². The van der Waals surface area contributed by atoms with E-state index >= 15 is 0 Å². The first-order chi connectivity index (χ1) is 10.5. The van der Waals surface area contributed by atoms with E-state index in [2.05, 4.69) is 21.4 Å². The van der Waals surface area contributed by atoms with Gasteiger partial charge in [0.1, 0.15) is 5.69 Å². The van der Waals surface area contributed by atoms with Gasteiger partial charge in [0, 0.05) is 25.0 Å². The predicted octanol–water partition coefficient (Wildman–Crippen LogP) is 3.19. The molecule has 0 saturated heterocycles. The fourth-order valence-corrected chi connectivity index (χ4v) is 2.38. The Balaban J connectivity index is 2.20. The van der Waals surface area contributed by atoms with Crippen LogP contribution in [0.1, 0.15) is 35.5 Å². The third kappa shape index (κ3) is 3.81. The first-order valence-electron chi connectivity index (χ1n) is 7.51. The number of nitrogens with one attached hydrogen (secondary N) is 1. The lowest BCUT2D eigenvalue weighted by Crippen LogP contribution is -2.25. The first-order valence-corrected chi connectivity index (χ1v) is 7.51. The van der Waals surface area contributed by atoms with Gasteiger partial charge in [-0.2, -0.15) is 0 Å². The molecule has 0 atom stereocenters. The van der Waals surface area contributed by atoms with Crippen LogP contribution in [0.5, 0.6) is 0 Å². The highest BCUT2D eigenvalue weighted by Crippen LogP contribution is 2.15. The van der Waals surface area contributed by atoms with Crippen molar-refractivity contribution in [2.24, 2.45) is 0 Å². The molecular weight excluding hydrogens is 276 g/mol. The molecule has 1 N–H and O–H groups in total. The first kappa shape index (κ1) is 15.9. The number of benzene rings is 1. The maximum Gasteiger partial charge on any atom is 0.274 e. The van der Waals surface area contributed by atoms with E-state index in [1.807, 2.05) is 44.7 Å². The number of amides is 1. The lowest BCUT2D eigenvalue weighted by atomic mass is 10.1. The van der Waals surface area contributed by atoms with E-state index in [1.54, 1.807) is 12.3 Å². The van der Waals surface area contributed by atoms with Gasteiger partial charge >= 0.3 is 0 Å². The van der Waals surface area contributed by atoms with E-state index < -0.39 is 0 Å². The van der Waals surface area contributed by atoms with Gasteiger partial charge in [0.25, 0.3) is 5.91 Å². The Bertz CT molecular complexity index is 645. The molecule has 1 aromatic carbocycles. The van der Waals surface area contributed by atoms with Crippen LogP contribution in [-0.2, 0) is 0 Å². The molecule has 2 rings (SSSR count). The molecule has 0 aliphatic rings. The average Bonchev–Trinajstić information content (AvgIpc) is 2.47. The van der Waals surface area contributed by atoms with Crippen molar-refractivity contribution in [3.05, 3.63) is 47.3 Å². The summed E-state index contributed by atoms with van der Waals surface area (Å²) in [5.74, 6) is 0.360. The van der Waals surface area contributed by atoms with Crippen LogP contribution in [0.3, 0.4) is 0 Å². The number of nitrogens with zero attached hydrogens (tertiary/aromatic N) is 3. The molecule has 0 bridgehead atoms. The van der Waals surface area contributed by atoms with E-state index in [4.69, 9.17) is 0 Å². The molecule has 22 heavy (non-hydrogen) atoms. The van der Waals surface area contributed by atoms with Crippen molar-refractivity contribution < 1.29 is 4.79 Å². The second-order valence-electron chi connectivity index (χ2n) is 5.24. The minimum Gasteiger partial charge on any atom is -0.341 e. The highest BCUT2D eigenvalue weighted by molar-refractivity contribution is 6.03. The zero-order valence-corrected chi connectivity index (χ0v) is 13.6. The van der Waals surface area contributed by atoms with Crippen LogP contribution in [0.4, 0.5) is 11.6 Å². The molecule has 5 heteroatoms. The summed E-state index contributed by atoms with van der Waals surface area (Å²) < 4.78 is 0. The topological polar surface area (TPSA) is 58.1 Å². The van der Waals surface area contributed by atoms with Gasteiger partial charge in [0.05, 0.1) is 0 Å². The lowest BCUT2D eigenvalue weighted by molar-refractivity contribution is 0.102. The molecule has 0 fully saturated rings. The fraction of sp³-hybridized carbons (Fsp3) is 0.353. The van der Waals surface area contributed by atoms with E-state index in [0.29, 0.717) is 11.6 Å². The Morgan fingerprint density at radius 1 is 1.14 bits per heavy atom. The molecule has 0 aliphatic carbocycles. The Morgan fingerprint density at radius 3 is 2.36 bits per heavy atom. The van der Waals surface area contributed by atoms with Gasteiger partial charge in [-0.3, -0.25) is 4.79 Å². The summed E-state index contributed by atoms with van der Waals surface area (Å²) in [5, 5.41) is 2.89. The van der Waals surface area contributed by atoms with Gasteiger partial charge in [0.15, 0.2) is 0 Å². The summed E-state index contributed by atoms with van der Waals surface area (Å²) in [4.78, 5) is 23.0. The number of aryl methyl sites for hydroxylation is 2. The minimum atomic E-state index is -0.221.